The molecule has 0 heterocycles. The Morgan fingerprint density at radius 3 is 2.60 bits per heavy atom. The summed E-state index contributed by atoms with van der Waals surface area (Å²) in [6, 6.07) is 5.43. The van der Waals surface area contributed by atoms with Crippen molar-refractivity contribution in [2.24, 2.45) is 5.92 Å². The molecule has 0 atom stereocenters. The Labute approximate surface area is 120 Å². The third kappa shape index (κ3) is 4.61. The topological polar surface area (TPSA) is 55.8 Å². The summed E-state index contributed by atoms with van der Waals surface area (Å²) in [7, 11) is 1.57. The summed E-state index contributed by atoms with van der Waals surface area (Å²) < 4.78 is 11.2. The van der Waals surface area contributed by atoms with Crippen LogP contribution in [0.4, 0.5) is 0 Å². The van der Waals surface area contributed by atoms with Gasteiger partial charge >= 0.3 is 5.97 Å². The zero-order chi connectivity index (χ0) is 15.0. The normalized spacial score (nSPS) is 11.0. The highest BCUT2D eigenvalue weighted by atomic mass is 16.5. The Bertz CT molecular complexity index is 462. The summed E-state index contributed by atoms with van der Waals surface area (Å²) in [6.07, 6.45) is 4.71. The fourth-order valence-electron chi connectivity index (χ4n) is 1.87. The Kier molecular flexibility index (Phi) is 6.64. The minimum absolute atomic E-state index is 0.483. The van der Waals surface area contributed by atoms with E-state index < -0.39 is 5.97 Å². The molecule has 1 N–H and O–H groups in total. The number of benzene rings is 1. The lowest BCUT2D eigenvalue weighted by Gasteiger charge is -2.17. The van der Waals surface area contributed by atoms with Gasteiger partial charge in [0.15, 0.2) is 11.5 Å². The predicted molar refractivity (Wildman–Crippen MR) is 79.2 cm³/mol. The number of carboxylic acids is 1. The predicted octanol–water partition coefficient (Wildman–Crippen LogP) is 3.61. The van der Waals surface area contributed by atoms with Gasteiger partial charge < -0.3 is 14.6 Å². The van der Waals surface area contributed by atoms with Crippen molar-refractivity contribution in [3.05, 3.63) is 29.8 Å². The van der Waals surface area contributed by atoms with Crippen LogP contribution in [0.2, 0.25) is 0 Å². The molecular weight excluding hydrogens is 256 g/mol. The summed E-state index contributed by atoms with van der Waals surface area (Å²) in [5, 5.41) is 8.73. The van der Waals surface area contributed by atoms with Gasteiger partial charge in [0.25, 0.3) is 0 Å². The molecule has 0 saturated carbocycles. The first-order valence-corrected chi connectivity index (χ1v) is 6.83. The number of hydrogen-bond acceptors (Lipinski definition) is 3. The van der Waals surface area contributed by atoms with Crippen molar-refractivity contribution in [3.8, 4) is 11.5 Å². The number of carboxylic acid groups (broad SMARTS) is 1. The van der Waals surface area contributed by atoms with E-state index >= 15 is 0 Å². The standard InChI is InChI=1S/C16H22O4/c1-4-12(5-2)11-20-16-13(9-10-15(17)18)7-6-8-14(16)19-3/h6-10,12H,4-5,11H2,1-3H3,(H,17,18)/b10-9+. The molecule has 0 fully saturated rings. The molecule has 4 nitrogen and oxygen atoms in total. The molecule has 0 aliphatic rings. The molecule has 0 unspecified atom stereocenters. The SMILES string of the molecule is CCC(CC)COc1c(/C=C/C(=O)O)cccc1OC. The van der Waals surface area contributed by atoms with Crippen molar-refractivity contribution in [2.45, 2.75) is 26.7 Å². The van der Waals surface area contributed by atoms with E-state index in [0.717, 1.165) is 18.9 Å². The summed E-state index contributed by atoms with van der Waals surface area (Å²) in [4.78, 5) is 10.6. The summed E-state index contributed by atoms with van der Waals surface area (Å²) in [6.45, 7) is 4.86. The Morgan fingerprint density at radius 1 is 1.35 bits per heavy atom. The fraction of sp³-hybridized carbons (Fsp3) is 0.438. The van der Waals surface area contributed by atoms with Gasteiger partial charge in [0.2, 0.25) is 0 Å². The molecular formula is C16H22O4. The van der Waals surface area contributed by atoms with Crippen LogP contribution in [-0.2, 0) is 4.79 Å². The van der Waals surface area contributed by atoms with Crippen LogP contribution < -0.4 is 9.47 Å². The molecule has 0 amide bonds. The lowest BCUT2D eigenvalue weighted by atomic mass is 10.1. The third-order valence-electron chi connectivity index (χ3n) is 3.25. The first-order chi connectivity index (χ1) is 9.62. The van der Waals surface area contributed by atoms with E-state index in [-0.39, 0.29) is 0 Å². The Hall–Kier alpha value is -1.97. The second-order valence-electron chi connectivity index (χ2n) is 4.54. The fourth-order valence-corrected chi connectivity index (χ4v) is 1.87. The minimum atomic E-state index is -0.987. The summed E-state index contributed by atoms with van der Waals surface area (Å²) in [5.41, 5.74) is 0.706. The van der Waals surface area contributed by atoms with Gasteiger partial charge in [0.1, 0.15) is 0 Å². The average molecular weight is 278 g/mol. The van der Waals surface area contributed by atoms with Crippen molar-refractivity contribution in [3.63, 3.8) is 0 Å². The van der Waals surface area contributed by atoms with Crippen LogP contribution in [0.1, 0.15) is 32.3 Å². The van der Waals surface area contributed by atoms with Gasteiger partial charge in [-0.1, -0.05) is 38.8 Å². The van der Waals surface area contributed by atoms with Gasteiger partial charge in [0, 0.05) is 11.6 Å². The Morgan fingerprint density at radius 2 is 2.05 bits per heavy atom. The number of carbonyl (C=O) groups is 1. The maximum Gasteiger partial charge on any atom is 0.328 e. The molecule has 0 aliphatic heterocycles. The number of hydrogen-bond donors (Lipinski definition) is 1. The average Bonchev–Trinajstić information content (AvgIpc) is 2.46. The number of rotatable bonds is 8. The monoisotopic (exact) mass is 278 g/mol. The molecule has 1 rings (SSSR count). The molecule has 20 heavy (non-hydrogen) atoms. The third-order valence-corrected chi connectivity index (χ3v) is 3.25. The van der Waals surface area contributed by atoms with Crippen LogP contribution in [0.25, 0.3) is 6.08 Å². The summed E-state index contributed by atoms with van der Waals surface area (Å²) >= 11 is 0. The van der Waals surface area contributed by atoms with Crippen LogP contribution in [0, 0.1) is 5.92 Å². The quantitative estimate of drug-likeness (QED) is 0.738. The maximum atomic E-state index is 10.6. The molecule has 1 aromatic carbocycles. The lowest BCUT2D eigenvalue weighted by Crippen LogP contribution is -2.11. The largest absolute Gasteiger partial charge is 0.493 e. The van der Waals surface area contributed by atoms with Gasteiger partial charge in [0.05, 0.1) is 13.7 Å². The highest BCUT2D eigenvalue weighted by molar-refractivity contribution is 5.86. The van der Waals surface area contributed by atoms with Crippen LogP contribution in [-0.4, -0.2) is 24.8 Å². The van der Waals surface area contributed by atoms with Crippen molar-refractivity contribution in [2.75, 3.05) is 13.7 Å². The van der Waals surface area contributed by atoms with Gasteiger partial charge in [-0.15, -0.1) is 0 Å². The smallest absolute Gasteiger partial charge is 0.328 e. The van der Waals surface area contributed by atoms with E-state index in [2.05, 4.69) is 13.8 Å². The first-order valence-electron chi connectivity index (χ1n) is 6.83. The van der Waals surface area contributed by atoms with E-state index in [1.165, 1.54) is 6.08 Å². The maximum absolute atomic E-state index is 10.6. The van der Waals surface area contributed by atoms with Crippen molar-refractivity contribution in [1.82, 2.24) is 0 Å². The number of para-hydroxylation sites is 1. The van der Waals surface area contributed by atoms with Crippen molar-refractivity contribution in [1.29, 1.82) is 0 Å². The van der Waals surface area contributed by atoms with Gasteiger partial charge in [-0.05, 0) is 18.1 Å². The second kappa shape index (κ2) is 8.25. The molecule has 0 radical (unpaired) electrons. The van der Waals surface area contributed by atoms with E-state index in [1.807, 2.05) is 12.1 Å². The zero-order valence-electron chi connectivity index (χ0n) is 12.3. The highest BCUT2D eigenvalue weighted by Gasteiger charge is 2.11. The van der Waals surface area contributed by atoms with Crippen LogP contribution in [0.15, 0.2) is 24.3 Å². The lowest BCUT2D eigenvalue weighted by molar-refractivity contribution is -0.131. The number of ether oxygens (including phenoxy) is 2. The minimum Gasteiger partial charge on any atom is -0.493 e. The van der Waals surface area contributed by atoms with E-state index in [0.29, 0.717) is 29.6 Å². The summed E-state index contributed by atoms with van der Waals surface area (Å²) in [5.74, 6) is 0.706. The molecule has 110 valence electrons. The van der Waals surface area contributed by atoms with Crippen molar-refractivity contribution >= 4 is 12.0 Å². The van der Waals surface area contributed by atoms with Gasteiger partial charge in [-0.25, -0.2) is 4.79 Å². The number of aliphatic carboxylic acids is 1. The first kappa shape index (κ1) is 16.1. The molecule has 0 saturated heterocycles. The molecule has 1 aromatic rings. The second-order valence-corrected chi connectivity index (χ2v) is 4.54. The van der Waals surface area contributed by atoms with E-state index in [9.17, 15) is 4.79 Å². The zero-order valence-corrected chi connectivity index (χ0v) is 12.3. The van der Waals surface area contributed by atoms with Crippen LogP contribution in [0.3, 0.4) is 0 Å². The van der Waals surface area contributed by atoms with Gasteiger partial charge in [-0.2, -0.15) is 0 Å². The molecule has 4 heteroatoms. The van der Waals surface area contributed by atoms with Crippen LogP contribution in [0.5, 0.6) is 11.5 Å². The molecule has 0 aromatic heterocycles. The highest BCUT2D eigenvalue weighted by Crippen LogP contribution is 2.32. The Balaban J connectivity index is 2.97. The van der Waals surface area contributed by atoms with Gasteiger partial charge in [-0.3, -0.25) is 0 Å². The van der Waals surface area contributed by atoms with E-state index in [1.54, 1.807) is 13.2 Å². The molecule has 0 spiro atoms. The molecule has 0 aliphatic carbocycles. The number of methoxy groups -OCH3 is 1. The van der Waals surface area contributed by atoms with Crippen LogP contribution >= 0.6 is 0 Å². The molecule has 0 bridgehead atoms. The van der Waals surface area contributed by atoms with Crippen molar-refractivity contribution < 1.29 is 19.4 Å². The van der Waals surface area contributed by atoms with E-state index in [4.69, 9.17) is 14.6 Å².